The SMILES string of the molecule is NCc1ccc(S(=O)(=O)Nc2ccc(NC(=O)Nc3cccc([N+](=O)[O-])c3)cc2)cc1. The predicted octanol–water partition coefficient (Wildman–Crippen LogP) is 3.50. The number of nitro groups is 1. The Balaban J connectivity index is 1.62. The molecule has 0 radical (unpaired) electrons. The largest absolute Gasteiger partial charge is 0.326 e. The molecule has 0 aliphatic rings. The van der Waals surface area contributed by atoms with Crippen LogP contribution < -0.4 is 21.1 Å². The number of carbonyl (C=O) groups is 1. The summed E-state index contributed by atoms with van der Waals surface area (Å²) in [7, 11) is -3.77. The number of amides is 2. The van der Waals surface area contributed by atoms with Crippen LogP contribution in [0.3, 0.4) is 0 Å². The average Bonchev–Trinajstić information content (AvgIpc) is 2.75. The highest BCUT2D eigenvalue weighted by Crippen LogP contribution is 2.20. The van der Waals surface area contributed by atoms with E-state index in [1.165, 1.54) is 60.7 Å². The molecule has 31 heavy (non-hydrogen) atoms. The fraction of sp³-hybridized carbons (Fsp3) is 0.0500. The number of hydrogen-bond acceptors (Lipinski definition) is 6. The molecule has 0 unspecified atom stereocenters. The third-order valence-electron chi connectivity index (χ3n) is 4.18. The zero-order valence-electron chi connectivity index (χ0n) is 16.1. The molecule has 3 aromatic carbocycles. The maximum absolute atomic E-state index is 12.5. The highest BCUT2D eigenvalue weighted by molar-refractivity contribution is 7.92. The Morgan fingerprint density at radius 2 is 1.52 bits per heavy atom. The van der Waals surface area contributed by atoms with Crippen LogP contribution >= 0.6 is 0 Å². The van der Waals surface area contributed by atoms with E-state index < -0.39 is 21.0 Å². The van der Waals surface area contributed by atoms with Gasteiger partial charge in [-0.2, -0.15) is 0 Å². The van der Waals surface area contributed by atoms with Crippen LogP contribution in [0.15, 0.2) is 77.7 Å². The molecule has 10 nitrogen and oxygen atoms in total. The van der Waals surface area contributed by atoms with Gasteiger partial charge in [0.25, 0.3) is 15.7 Å². The Morgan fingerprint density at radius 1 is 0.903 bits per heavy atom. The first kappa shape index (κ1) is 21.7. The maximum atomic E-state index is 12.5. The van der Waals surface area contributed by atoms with E-state index in [1.807, 2.05) is 0 Å². The molecule has 0 aromatic heterocycles. The second-order valence-corrected chi connectivity index (χ2v) is 8.10. The molecular formula is C20H19N5O5S. The Bertz CT molecular complexity index is 1200. The van der Waals surface area contributed by atoms with E-state index in [1.54, 1.807) is 12.1 Å². The molecule has 0 bridgehead atoms. The average molecular weight is 441 g/mol. The zero-order valence-corrected chi connectivity index (χ0v) is 16.9. The molecule has 5 N–H and O–H groups in total. The number of urea groups is 1. The van der Waals surface area contributed by atoms with Crippen LogP contribution in [0.5, 0.6) is 0 Å². The van der Waals surface area contributed by atoms with E-state index in [9.17, 15) is 23.3 Å². The van der Waals surface area contributed by atoms with Crippen molar-refractivity contribution < 1.29 is 18.1 Å². The number of nitrogens with zero attached hydrogens (tertiary/aromatic N) is 1. The quantitative estimate of drug-likeness (QED) is 0.325. The van der Waals surface area contributed by atoms with Gasteiger partial charge in [0.2, 0.25) is 0 Å². The number of hydrogen-bond donors (Lipinski definition) is 4. The van der Waals surface area contributed by atoms with E-state index in [0.717, 1.165) is 5.56 Å². The van der Waals surface area contributed by atoms with Crippen molar-refractivity contribution in [3.63, 3.8) is 0 Å². The van der Waals surface area contributed by atoms with Gasteiger partial charge in [-0.1, -0.05) is 18.2 Å². The van der Waals surface area contributed by atoms with Crippen molar-refractivity contribution >= 4 is 38.8 Å². The van der Waals surface area contributed by atoms with Crippen molar-refractivity contribution in [3.05, 3.63) is 88.5 Å². The third kappa shape index (κ3) is 5.78. The van der Waals surface area contributed by atoms with Crippen molar-refractivity contribution in [2.24, 2.45) is 5.73 Å². The van der Waals surface area contributed by atoms with Crippen LogP contribution in [0.2, 0.25) is 0 Å². The van der Waals surface area contributed by atoms with E-state index in [2.05, 4.69) is 15.4 Å². The van der Waals surface area contributed by atoms with Gasteiger partial charge in [-0.25, -0.2) is 13.2 Å². The monoisotopic (exact) mass is 441 g/mol. The lowest BCUT2D eigenvalue weighted by Crippen LogP contribution is -2.19. The molecule has 3 aromatic rings. The van der Waals surface area contributed by atoms with Crippen LogP contribution in [0.1, 0.15) is 5.56 Å². The van der Waals surface area contributed by atoms with Gasteiger partial charge in [-0.3, -0.25) is 14.8 Å². The Kier molecular flexibility index (Phi) is 6.48. The van der Waals surface area contributed by atoms with Crippen molar-refractivity contribution in [3.8, 4) is 0 Å². The number of carbonyl (C=O) groups excluding carboxylic acids is 1. The molecule has 0 spiro atoms. The first-order valence-electron chi connectivity index (χ1n) is 9.01. The van der Waals surface area contributed by atoms with Crippen LogP contribution in [0.25, 0.3) is 0 Å². The minimum Gasteiger partial charge on any atom is -0.326 e. The zero-order chi connectivity index (χ0) is 22.4. The number of sulfonamides is 1. The lowest BCUT2D eigenvalue weighted by molar-refractivity contribution is -0.384. The third-order valence-corrected chi connectivity index (χ3v) is 5.58. The van der Waals surface area contributed by atoms with E-state index >= 15 is 0 Å². The molecule has 0 aliphatic carbocycles. The summed E-state index contributed by atoms with van der Waals surface area (Å²) < 4.78 is 27.4. The molecule has 2 amide bonds. The van der Waals surface area contributed by atoms with Crippen LogP contribution in [0, 0.1) is 10.1 Å². The van der Waals surface area contributed by atoms with Crippen LogP contribution in [-0.2, 0) is 16.6 Å². The van der Waals surface area contributed by atoms with E-state index in [0.29, 0.717) is 17.9 Å². The number of benzene rings is 3. The second kappa shape index (κ2) is 9.24. The van der Waals surface area contributed by atoms with Gasteiger partial charge in [0.1, 0.15) is 0 Å². The number of anilines is 3. The Morgan fingerprint density at radius 3 is 2.13 bits per heavy atom. The van der Waals surface area contributed by atoms with Gasteiger partial charge < -0.3 is 16.4 Å². The number of rotatable bonds is 7. The molecule has 0 atom stereocenters. The standard InChI is InChI=1S/C20H19N5O5S/c21-13-14-4-10-19(11-5-14)31(29,30)24-16-8-6-15(7-9-16)22-20(26)23-17-2-1-3-18(12-17)25(27)28/h1-12,24H,13,21H2,(H2,22,23,26). The topological polar surface area (TPSA) is 156 Å². The van der Waals surface area contributed by atoms with Crippen molar-refractivity contribution in [1.82, 2.24) is 0 Å². The van der Waals surface area contributed by atoms with Crippen molar-refractivity contribution in [2.75, 3.05) is 15.4 Å². The minimum atomic E-state index is -3.77. The van der Waals surface area contributed by atoms with Crippen molar-refractivity contribution in [1.29, 1.82) is 0 Å². The summed E-state index contributed by atoms with van der Waals surface area (Å²) in [4.78, 5) is 22.4. The van der Waals surface area contributed by atoms with Gasteiger partial charge in [-0.15, -0.1) is 0 Å². The van der Waals surface area contributed by atoms with Gasteiger partial charge in [0, 0.05) is 35.7 Å². The molecule has 0 saturated heterocycles. The van der Waals surface area contributed by atoms with Crippen LogP contribution in [-0.4, -0.2) is 19.4 Å². The van der Waals surface area contributed by atoms with Crippen molar-refractivity contribution in [2.45, 2.75) is 11.4 Å². The van der Waals surface area contributed by atoms with E-state index in [-0.39, 0.29) is 16.3 Å². The Hall–Kier alpha value is -3.96. The summed E-state index contributed by atoms with van der Waals surface area (Å²) in [5, 5.41) is 15.9. The van der Waals surface area contributed by atoms with Gasteiger partial charge >= 0.3 is 6.03 Å². The van der Waals surface area contributed by atoms with Gasteiger partial charge in [0.15, 0.2) is 0 Å². The predicted molar refractivity (Wildman–Crippen MR) is 117 cm³/mol. The lowest BCUT2D eigenvalue weighted by atomic mass is 10.2. The van der Waals surface area contributed by atoms with Gasteiger partial charge in [-0.05, 0) is 48.0 Å². The first-order chi connectivity index (χ1) is 14.8. The number of nitrogens with one attached hydrogen (secondary N) is 3. The summed E-state index contributed by atoms with van der Waals surface area (Å²) in [6, 6.07) is 17.2. The normalized spacial score (nSPS) is 10.9. The first-order valence-corrected chi connectivity index (χ1v) is 10.5. The number of nitrogens with two attached hydrogens (primary N) is 1. The molecule has 3 rings (SSSR count). The smallest absolute Gasteiger partial charge is 0.323 e. The van der Waals surface area contributed by atoms with Gasteiger partial charge in [0.05, 0.1) is 9.82 Å². The summed E-state index contributed by atoms with van der Waals surface area (Å²) >= 11 is 0. The molecule has 0 saturated carbocycles. The molecule has 160 valence electrons. The lowest BCUT2D eigenvalue weighted by Gasteiger charge is -2.11. The summed E-state index contributed by atoms with van der Waals surface area (Å²) in [6.07, 6.45) is 0. The highest BCUT2D eigenvalue weighted by Gasteiger charge is 2.14. The minimum absolute atomic E-state index is 0.100. The van der Waals surface area contributed by atoms with E-state index in [4.69, 9.17) is 5.73 Å². The maximum Gasteiger partial charge on any atom is 0.323 e. The molecule has 0 aliphatic heterocycles. The molecule has 0 heterocycles. The summed E-state index contributed by atoms with van der Waals surface area (Å²) in [5.41, 5.74) is 7.16. The van der Waals surface area contributed by atoms with Crippen LogP contribution in [0.4, 0.5) is 27.5 Å². The highest BCUT2D eigenvalue weighted by atomic mass is 32.2. The molecular weight excluding hydrogens is 422 g/mol. The Labute approximate surface area is 178 Å². The molecule has 11 heteroatoms. The number of non-ortho nitro benzene ring substituents is 1. The molecule has 0 fully saturated rings. The summed E-state index contributed by atoms with van der Waals surface area (Å²) in [6.45, 7) is 0.316. The second-order valence-electron chi connectivity index (χ2n) is 6.42. The summed E-state index contributed by atoms with van der Waals surface area (Å²) in [5.74, 6) is 0. The number of nitro benzene ring substituents is 1. The fourth-order valence-corrected chi connectivity index (χ4v) is 3.69. The fourth-order valence-electron chi connectivity index (χ4n) is 2.63.